The lowest BCUT2D eigenvalue weighted by molar-refractivity contribution is -0.145. The van der Waals surface area contributed by atoms with Gasteiger partial charge >= 0.3 is 29.8 Å². The number of aliphatic carboxylic acids is 5. The van der Waals surface area contributed by atoms with Gasteiger partial charge in [0.1, 0.15) is 6.04 Å². The second kappa shape index (κ2) is 10.5. The number of nitrogens with zero attached hydrogens (tertiary/aromatic N) is 3. The summed E-state index contributed by atoms with van der Waals surface area (Å²) in [4.78, 5) is 59.0. The topological polar surface area (TPSA) is 196 Å². The Morgan fingerprint density at radius 1 is 0.786 bits per heavy atom. The number of hydrogen-bond acceptors (Lipinski definition) is 8. The van der Waals surface area contributed by atoms with Gasteiger partial charge in [-0.3, -0.25) is 38.7 Å². The summed E-state index contributed by atoms with van der Waals surface area (Å²) in [5.74, 6) is -6.13. The van der Waals surface area contributed by atoms with Gasteiger partial charge in [-0.15, -0.1) is 0 Å². The van der Waals surface area contributed by atoms with Crippen LogP contribution in [0.2, 0.25) is 0 Å². The van der Waals surface area contributed by atoms with Crippen LogP contribution in [0, 0.1) is 0 Å². The zero-order valence-corrected chi connectivity index (χ0v) is 14.9. The third-order valence-electron chi connectivity index (χ3n) is 4.28. The predicted molar refractivity (Wildman–Crippen MR) is 90.0 cm³/mol. The zero-order valence-electron chi connectivity index (χ0n) is 14.9. The standard InChI is InChI=1S/C15H23N3O10/c19-11(20)5-16(6-12(21)22)1-2-17(7-13(23)24)9-3-10(15(27)28)18(4-9)8-14(25)26/h9-10H,1-8H2,(H,19,20)(H,21,22)(H,23,24)(H,25,26)(H,27,28)/t9-,10-/m0/s1. The number of carbonyl (C=O) groups is 5. The molecule has 0 amide bonds. The van der Waals surface area contributed by atoms with Crippen molar-refractivity contribution in [2.24, 2.45) is 0 Å². The van der Waals surface area contributed by atoms with E-state index in [0.717, 1.165) is 4.90 Å². The number of hydrogen-bond donors (Lipinski definition) is 5. The van der Waals surface area contributed by atoms with Crippen LogP contribution in [0.1, 0.15) is 6.42 Å². The Labute approximate surface area is 159 Å². The highest BCUT2D eigenvalue weighted by Crippen LogP contribution is 2.22. The van der Waals surface area contributed by atoms with Gasteiger partial charge in [-0.05, 0) is 6.42 Å². The smallest absolute Gasteiger partial charge is 0.320 e. The molecule has 2 atom stereocenters. The number of likely N-dealkylation sites (tertiary alicyclic amines) is 1. The first-order chi connectivity index (χ1) is 13.0. The summed E-state index contributed by atoms with van der Waals surface area (Å²) in [6.45, 7) is -2.19. The van der Waals surface area contributed by atoms with Gasteiger partial charge in [0.05, 0.1) is 26.2 Å². The minimum atomic E-state index is -1.24. The molecule has 0 spiro atoms. The van der Waals surface area contributed by atoms with E-state index >= 15 is 0 Å². The molecule has 1 fully saturated rings. The molecule has 0 saturated carbocycles. The van der Waals surface area contributed by atoms with Gasteiger partial charge in [-0.1, -0.05) is 0 Å². The molecule has 158 valence electrons. The summed E-state index contributed by atoms with van der Waals surface area (Å²) in [6.07, 6.45) is -0.00620. The molecular formula is C15H23N3O10. The molecule has 13 heteroatoms. The fraction of sp³-hybridized carbons (Fsp3) is 0.667. The Morgan fingerprint density at radius 3 is 1.75 bits per heavy atom. The van der Waals surface area contributed by atoms with E-state index in [0.29, 0.717) is 0 Å². The van der Waals surface area contributed by atoms with Crippen LogP contribution in [0.3, 0.4) is 0 Å². The molecule has 28 heavy (non-hydrogen) atoms. The number of rotatable bonds is 13. The van der Waals surface area contributed by atoms with Crippen LogP contribution in [-0.2, 0) is 24.0 Å². The molecule has 1 saturated heterocycles. The molecule has 0 aromatic heterocycles. The normalized spacial score (nSPS) is 19.8. The van der Waals surface area contributed by atoms with Gasteiger partial charge in [0.25, 0.3) is 0 Å². The molecule has 0 aromatic rings. The predicted octanol–water partition coefficient (Wildman–Crippen LogP) is -2.54. The second-order valence-electron chi connectivity index (χ2n) is 6.43. The quantitative estimate of drug-likeness (QED) is 0.215. The van der Waals surface area contributed by atoms with E-state index in [-0.39, 0.29) is 26.1 Å². The number of carboxylic acids is 5. The van der Waals surface area contributed by atoms with E-state index in [1.807, 2.05) is 0 Å². The summed E-state index contributed by atoms with van der Waals surface area (Å²) in [5, 5.41) is 45.1. The van der Waals surface area contributed by atoms with Gasteiger partial charge in [0.15, 0.2) is 0 Å². The van der Waals surface area contributed by atoms with E-state index in [1.54, 1.807) is 0 Å². The van der Waals surface area contributed by atoms with Crippen molar-refractivity contribution >= 4 is 29.8 Å². The molecule has 0 unspecified atom stereocenters. The van der Waals surface area contributed by atoms with Gasteiger partial charge in [-0.25, -0.2) is 0 Å². The molecule has 0 radical (unpaired) electrons. The Kier molecular flexibility index (Phi) is 8.76. The highest BCUT2D eigenvalue weighted by molar-refractivity contribution is 5.76. The summed E-state index contributed by atoms with van der Waals surface area (Å²) >= 11 is 0. The Bertz CT molecular complexity index is 609. The Hall–Kier alpha value is -2.77. The molecule has 13 nitrogen and oxygen atoms in total. The van der Waals surface area contributed by atoms with Gasteiger partial charge in [0, 0.05) is 25.7 Å². The van der Waals surface area contributed by atoms with Gasteiger partial charge in [-0.2, -0.15) is 0 Å². The number of carboxylic acid groups (broad SMARTS) is 5. The Balaban J connectivity index is 2.87. The largest absolute Gasteiger partial charge is 0.480 e. The van der Waals surface area contributed by atoms with E-state index < -0.39 is 68.1 Å². The summed E-state index contributed by atoms with van der Waals surface area (Å²) in [7, 11) is 0. The van der Waals surface area contributed by atoms with Crippen molar-refractivity contribution in [1.82, 2.24) is 14.7 Å². The fourth-order valence-electron chi connectivity index (χ4n) is 3.18. The van der Waals surface area contributed by atoms with Crippen molar-refractivity contribution in [2.45, 2.75) is 18.5 Å². The van der Waals surface area contributed by atoms with Crippen molar-refractivity contribution in [2.75, 3.05) is 45.8 Å². The lowest BCUT2D eigenvalue weighted by Crippen LogP contribution is -2.46. The van der Waals surface area contributed by atoms with Crippen LogP contribution in [-0.4, -0.2) is 128 Å². The Morgan fingerprint density at radius 2 is 1.32 bits per heavy atom. The van der Waals surface area contributed by atoms with Crippen molar-refractivity contribution in [1.29, 1.82) is 0 Å². The summed E-state index contributed by atoms with van der Waals surface area (Å²) in [6, 6.07) is -1.68. The first-order valence-corrected chi connectivity index (χ1v) is 8.30. The van der Waals surface area contributed by atoms with Crippen molar-refractivity contribution < 1.29 is 49.5 Å². The molecule has 0 bridgehead atoms. The summed E-state index contributed by atoms with van der Waals surface area (Å²) in [5.41, 5.74) is 0. The van der Waals surface area contributed by atoms with Crippen molar-refractivity contribution in [3.8, 4) is 0 Å². The maximum atomic E-state index is 11.4. The van der Waals surface area contributed by atoms with Gasteiger partial charge < -0.3 is 25.5 Å². The van der Waals surface area contributed by atoms with Crippen molar-refractivity contribution in [3.05, 3.63) is 0 Å². The fourth-order valence-corrected chi connectivity index (χ4v) is 3.18. The average Bonchev–Trinajstić information content (AvgIpc) is 2.92. The first kappa shape index (κ1) is 23.3. The van der Waals surface area contributed by atoms with Crippen LogP contribution in [0.15, 0.2) is 0 Å². The average molecular weight is 405 g/mol. The zero-order chi connectivity index (χ0) is 21.4. The minimum Gasteiger partial charge on any atom is -0.480 e. The molecule has 1 heterocycles. The molecule has 0 aliphatic carbocycles. The minimum absolute atomic E-state index is 0.00620. The van der Waals surface area contributed by atoms with Crippen molar-refractivity contribution in [3.63, 3.8) is 0 Å². The second-order valence-corrected chi connectivity index (χ2v) is 6.43. The van der Waals surface area contributed by atoms with Crippen LogP contribution >= 0.6 is 0 Å². The molecule has 1 rings (SSSR count). The monoisotopic (exact) mass is 405 g/mol. The maximum absolute atomic E-state index is 11.4. The van der Waals surface area contributed by atoms with Crippen LogP contribution in [0.5, 0.6) is 0 Å². The molecule has 1 aliphatic heterocycles. The van der Waals surface area contributed by atoms with E-state index in [9.17, 15) is 29.1 Å². The van der Waals surface area contributed by atoms with Crippen LogP contribution in [0.25, 0.3) is 0 Å². The van der Waals surface area contributed by atoms with E-state index in [1.165, 1.54) is 9.80 Å². The van der Waals surface area contributed by atoms with E-state index in [2.05, 4.69) is 0 Å². The highest BCUT2D eigenvalue weighted by atomic mass is 16.4. The molecular weight excluding hydrogens is 382 g/mol. The van der Waals surface area contributed by atoms with Gasteiger partial charge in [0.2, 0.25) is 0 Å². The van der Waals surface area contributed by atoms with Crippen LogP contribution < -0.4 is 0 Å². The highest BCUT2D eigenvalue weighted by Gasteiger charge is 2.40. The lowest BCUT2D eigenvalue weighted by Gasteiger charge is -2.29. The molecule has 0 aromatic carbocycles. The lowest BCUT2D eigenvalue weighted by atomic mass is 10.1. The molecule has 5 N–H and O–H groups in total. The SMILES string of the molecule is O=C(O)CN(CCN(CC(=O)O)[C@H]1C[C@@H](C(=O)O)N(CC(=O)O)C1)CC(=O)O. The maximum Gasteiger partial charge on any atom is 0.320 e. The van der Waals surface area contributed by atoms with E-state index in [4.69, 9.17) is 20.4 Å². The van der Waals surface area contributed by atoms with Crippen LogP contribution in [0.4, 0.5) is 0 Å². The summed E-state index contributed by atoms with van der Waals surface area (Å²) < 4.78 is 0. The molecule has 1 aliphatic rings. The third-order valence-corrected chi connectivity index (χ3v) is 4.28. The first-order valence-electron chi connectivity index (χ1n) is 8.30. The third kappa shape index (κ3) is 7.85.